The topological polar surface area (TPSA) is 90.9 Å². The highest BCUT2D eigenvalue weighted by atomic mass is 16.5. The van der Waals surface area contributed by atoms with Crippen molar-refractivity contribution in [3.63, 3.8) is 0 Å². The van der Waals surface area contributed by atoms with Crippen molar-refractivity contribution in [2.45, 2.75) is 0 Å². The Morgan fingerprint density at radius 3 is 2.52 bits per heavy atom. The molecule has 2 amide bonds. The lowest BCUT2D eigenvalue weighted by Gasteiger charge is -2.32. The van der Waals surface area contributed by atoms with Gasteiger partial charge >= 0.3 is 0 Å². The molecule has 3 rings (SSSR count). The summed E-state index contributed by atoms with van der Waals surface area (Å²) in [6, 6.07) is 3.50. The molecule has 0 aliphatic carbocycles. The van der Waals surface area contributed by atoms with E-state index in [9.17, 15) is 9.59 Å². The van der Waals surface area contributed by atoms with Crippen LogP contribution in [0, 0.1) is 0 Å². The number of carbonyl (C=O) groups is 2. The Labute approximate surface area is 146 Å². The fraction of sp³-hybridized carbons (Fsp3) is 0.625. The van der Waals surface area contributed by atoms with Crippen molar-refractivity contribution in [1.82, 2.24) is 25.3 Å². The number of aromatic nitrogens is 2. The fourth-order valence-electron chi connectivity index (χ4n) is 2.91. The molecule has 2 fully saturated rings. The molecule has 0 saturated carbocycles. The van der Waals surface area contributed by atoms with Gasteiger partial charge in [-0.1, -0.05) is 0 Å². The minimum atomic E-state index is -0.210. The lowest BCUT2D eigenvalue weighted by atomic mass is 10.3. The molecule has 2 saturated heterocycles. The van der Waals surface area contributed by atoms with Gasteiger partial charge in [-0.3, -0.25) is 14.5 Å². The summed E-state index contributed by atoms with van der Waals surface area (Å²) in [4.78, 5) is 28.9. The van der Waals surface area contributed by atoms with Crippen molar-refractivity contribution >= 4 is 18.1 Å². The third-order valence-electron chi connectivity index (χ3n) is 4.49. The summed E-state index contributed by atoms with van der Waals surface area (Å²) in [7, 11) is 0. The minimum Gasteiger partial charge on any atom is -0.379 e. The van der Waals surface area contributed by atoms with Crippen LogP contribution >= 0.6 is 0 Å². The normalized spacial score (nSPS) is 18.9. The predicted octanol–water partition coefficient (Wildman–Crippen LogP) is -1.18. The Kier molecular flexibility index (Phi) is 6.13. The van der Waals surface area contributed by atoms with Crippen molar-refractivity contribution in [3.8, 4) is 0 Å². The maximum Gasteiger partial charge on any atom is 0.271 e. The molecule has 0 bridgehead atoms. The molecule has 0 spiro atoms. The molecule has 0 aromatic carbocycles. The van der Waals surface area contributed by atoms with Gasteiger partial charge < -0.3 is 19.9 Å². The SMILES string of the molecule is O=CN1CCN(c2ccc(C(=O)NCCN3CCOCC3)nn2)CC1. The number of piperazine rings is 1. The highest BCUT2D eigenvalue weighted by Crippen LogP contribution is 2.12. The zero-order chi connectivity index (χ0) is 17.5. The van der Waals surface area contributed by atoms with Crippen molar-refractivity contribution < 1.29 is 14.3 Å². The molecule has 0 atom stereocenters. The second kappa shape index (κ2) is 8.72. The zero-order valence-corrected chi connectivity index (χ0v) is 14.3. The Hall–Kier alpha value is -2.26. The summed E-state index contributed by atoms with van der Waals surface area (Å²) in [5.74, 6) is 0.522. The van der Waals surface area contributed by atoms with Crippen LogP contribution in [0.4, 0.5) is 5.82 Å². The highest BCUT2D eigenvalue weighted by Gasteiger charge is 2.18. The van der Waals surface area contributed by atoms with Crippen LogP contribution in [0.1, 0.15) is 10.5 Å². The lowest BCUT2D eigenvalue weighted by Crippen LogP contribution is -2.46. The molecule has 25 heavy (non-hydrogen) atoms. The first kappa shape index (κ1) is 17.6. The van der Waals surface area contributed by atoms with Crippen LogP contribution in [0.3, 0.4) is 0 Å². The predicted molar refractivity (Wildman–Crippen MR) is 91.5 cm³/mol. The van der Waals surface area contributed by atoms with Crippen molar-refractivity contribution in [3.05, 3.63) is 17.8 Å². The first-order valence-corrected chi connectivity index (χ1v) is 8.62. The summed E-state index contributed by atoms with van der Waals surface area (Å²) >= 11 is 0. The number of nitrogens with zero attached hydrogens (tertiary/aromatic N) is 5. The second-order valence-electron chi connectivity index (χ2n) is 6.12. The molecular weight excluding hydrogens is 324 g/mol. The number of hydrogen-bond acceptors (Lipinski definition) is 7. The van der Waals surface area contributed by atoms with Crippen LogP contribution in [0.5, 0.6) is 0 Å². The van der Waals surface area contributed by atoms with Gasteiger partial charge in [0.2, 0.25) is 6.41 Å². The van der Waals surface area contributed by atoms with E-state index < -0.39 is 0 Å². The van der Waals surface area contributed by atoms with E-state index in [1.807, 2.05) is 0 Å². The number of rotatable bonds is 6. The van der Waals surface area contributed by atoms with Gasteiger partial charge in [0, 0.05) is 52.4 Å². The molecule has 0 radical (unpaired) electrons. The van der Waals surface area contributed by atoms with Gasteiger partial charge in [-0.25, -0.2) is 0 Å². The quantitative estimate of drug-likeness (QED) is 0.647. The average molecular weight is 348 g/mol. The van der Waals surface area contributed by atoms with Gasteiger partial charge in [-0.2, -0.15) is 0 Å². The summed E-state index contributed by atoms with van der Waals surface area (Å²) in [6.45, 7) is 7.49. The number of amides is 2. The van der Waals surface area contributed by atoms with Crippen LogP contribution in [0.2, 0.25) is 0 Å². The van der Waals surface area contributed by atoms with Crippen molar-refractivity contribution in [2.24, 2.45) is 0 Å². The molecule has 1 N–H and O–H groups in total. The molecule has 9 heteroatoms. The molecule has 0 unspecified atom stereocenters. The highest BCUT2D eigenvalue weighted by molar-refractivity contribution is 5.92. The van der Waals surface area contributed by atoms with Gasteiger partial charge in [0.05, 0.1) is 13.2 Å². The summed E-state index contributed by atoms with van der Waals surface area (Å²) in [5.41, 5.74) is 0.317. The number of hydrogen-bond donors (Lipinski definition) is 1. The van der Waals surface area contributed by atoms with Crippen LogP contribution in [-0.4, -0.2) is 97.9 Å². The van der Waals surface area contributed by atoms with E-state index in [1.54, 1.807) is 17.0 Å². The molecule has 2 aliphatic rings. The Balaban J connectivity index is 1.44. The number of nitrogens with one attached hydrogen (secondary N) is 1. The maximum atomic E-state index is 12.1. The van der Waals surface area contributed by atoms with E-state index in [2.05, 4.69) is 25.3 Å². The van der Waals surface area contributed by atoms with Crippen molar-refractivity contribution in [1.29, 1.82) is 0 Å². The van der Waals surface area contributed by atoms with E-state index in [0.717, 1.165) is 58.2 Å². The summed E-state index contributed by atoms with van der Waals surface area (Å²) in [6.07, 6.45) is 0.868. The molecule has 1 aromatic rings. The zero-order valence-electron chi connectivity index (χ0n) is 14.3. The van der Waals surface area contributed by atoms with Gasteiger partial charge in [-0.05, 0) is 12.1 Å². The molecular formula is C16H24N6O3. The van der Waals surface area contributed by atoms with Crippen LogP contribution < -0.4 is 10.2 Å². The molecule has 3 heterocycles. The Morgan fingerprint density at radius 2 is 1.88 bits per heavy atom. The standard InChI is InChI=1S/C16H24N6O3/c23-13-21-5-7-22(8-6-21)15-2-1-14(18-19-15)16(24)17-3-4-20-9-11-25-12-10-20/h1-2,13H,3-12H2,(H,17,24). The lowest BCUT2D eigenvalue weighted by molar-refractivity contribution is -0.118. The number of anilines is 1. The molecule has 9 nitrogen and oxygen atoms in total. The average Bonchev–Trinajstić information content (AvgIpc) is 2.69. The third-order valence-corrected chi connectivity index (χ3v) is 4.49. The fourth-order valence-corrected chi connectivity index (χ4v) is 2.91. The van der Waals surface area contributed by atoms with Gasteiger partial charge in [0.1, 0.15) is 0 Å². The maximum absolute atomic E-state index is 12.1. The second-order valence-corrected chi connectivity index (χ2v) is 6.12. The molecule has 2 aliphatic heterocycles. The van der Waals surface area contributed by atoms with E-state index in [1.165, 1.54) is 0 Å². The van der Waals surface area contributed by atoms with Crippen LogP contribution in [0.25, 0.3) is 0 Å². The number of morpholine rings is 1. The van der Waals surface area contributed by atoms with Gasteiger partial charge in [0.25, 0.3) is 5.91 Å². The smallest absolute Gasteiger partial charge is 0.271 e. The van der Waals surface area contributed by atoms with E-state index in [-0.39, 0.29) is 5.91 Å². The first-order valence-electron chi connectivity index (χ1n) is 8.62. The van der Waals surface area contributed by atoms with E-state index >= 15 is 0 Å². The van der Waals surface area contributed by atoms with Gasteiger partial charge in [0.15, 0.2) is 11.5 Å². The Bertz CT molecular complexity index is 568. The number of ether oxygens (including phenoxy) is 1. The number of carbonyl (C=O) groups excluding carboxylic acids is 2. The molecule has 1 aromatic heterocycles. The summed E-state index contributed by atoms with van der Waals surface area (Å²) < 4.78 is 5.30. The third kappa shape index (κ3) is 4.86. The van der Waals surface area contributed by atoms with E-state index in [4.69, 9.17) is 4.74 Å². The van der Waals surface area contributed by atoms with Crippen LogP contribution in [-0.2, 0) is 9.53 Å². The minimum absolute atomic E-state index is 0.210. The first-order chi connectivity index (χ1) is 12.3. The van der Waals surface area contributed by atoms with Gasteiger partial charge in [-0.15, -0.1) is 10.2 Å². The van der Waals surface area contributed by atoms with Crippen molar-refractivity contribution in [2.75, 3.05) is 70.5 Å². The largest absolute Gasteiger partial charge is 0.379 e. The monoisotopic (exact) mass is 348 g/mol. The van der Waals surface area contributed by atoms with E-state index in [0.29, 0.717) is 25.3 Å². The Morgan fingerprint density at radius 1 is 1.12 bits per heavy atom. The van der Waals surface area contributed by atoms with Crippen LogP contribution in [0.15, 0.2) is 12.1 Å². The summed E-state index contributed by atoms with van der Waals surface area (Å²) in [5, 5.41) is 11.1. The molecule has 136 valence electrons.